The minimum Gasteiger partial charge on any atom is -1.00 e. The molecular formula is C20H16Cl2MgN4. The van der Waals surface area contributed by atoms with E-state index in [4.69, 9.17) is 0 Å². The first-order valence-electron chi connectivity index (χ1n) is 7.38. The van der Waals surface area contributed by atoms with Crippen LogP contribution in [-0.2, 0) is 0 Å². The minimum atomic E-state index is 0. The third-order valence-corrected chi connectivity index (χ3v) is 2.62. The second-order valence-corrected chi connectivity index (χ2v) is 4.42. The SMILES string of the molecule is C(#CCN=Cc1ccccn1)/C=C\C#CCN=Cc1ccccn1.[Cl-].[Cl-].[Mg+2]. The normalized spacial score (nSPS) is 9.33. The summed E-state index contributed by atoms with van der Waals surface area (Å²) in [6.07, 6.45) is 10.3. The Morgan fingerprint density at radius 2 is 1.19 bits per heavy atom. The van der Waals surface area contributed by atoms with Crippen molar-refractivity contribution >= 4 is 35.5 Å². The van der Waals surface area contributed by atoms with Crippen molar-refractivity contribution in [3.63, 3.8) is 0 Å². The van der Waals surface area contributed by atoms with Crippen LogP contribution in [0.15, 0.2) is 70.9 Å². The molecule has 132 valence electrons. The van der Waals surface area contributed by atoms with E-state index in [0.29, 0.717) is 13.1 Å². The van der Waals surface area contributed by atoms with Gasteiger partial charge in [-0.3, -0.25) is 20.0 Å². The van der Waals surface area contributed by atoms with Gasteiger partial charge < -0.3 is 24.8 Å². The van der Waals surface area contributed by atoms with Gasteiger partial charge in [0.05, 0.1) is 11.4 Å². The van der Waals surface area contributed by atoms with E-state index in [-0.39, 0.29) is 47.9 Å². The van der Waals surface area contributed by atoms with Gasteiger partial charge in [-0.15, -0.1) is 0 Å². The zero-order valence-electron chi connectivity index (χ0n) is 14.6. The maximum Gasteiger partial charge on any atom is 2.00 e. The van der Waals surface area contributed by atoms with Gasteiger partial charge in [-0.05, 0) is 36.4 Å². The van der Waals surface area contributed by atoms with Gasteiger partial charge in [0.25, 0.3) is 0 Å². The number of nitrogens with zero attached hydrogens (tertiary/aromatic N) is 4. The van der Waals surface area contributed by atoms with Crippen molar-refractivity contribution in [3.8, 4) is 23.7 Å². The molecular weight excluding hydrogens is 391 g/mol. The molecule has 0 bridgehead atoms. The first-order chi connectivity index (χ1) is 11.9. The second-order valence-electron chi connectivity index (χ2n) is 4.42. The van der Waals surface area contributed by atoms with Gasteiger partial charge in [0.15, 0.2) is 0 Å². The van der Waals surface area contributed by atoms with E-state index in [9.17, 15) is 0 Å². The zero-order chi connectivity index (χ0) is 16.7. The maximum absolute atomic E-state index is 4.17. The summed E-state index contributed by atoms with van der Waals surface area (Å²) in [7, 11) is 0. The molecule has 0 N–H and O–H groups in total. The van der Waals surface area contributed by atoms with Crippen molar-refractivity contribution in [2.24, 2.45) is 9.98 Å². The van der Waals surface area contributed by atoms with Crippen LogP contribution in [0.25, 0.3) is 0 Å². The fourth-order valence-corrected chi connectivity index (χ4v) is 1.57. The van der Waals surface area contributed by atoms with Gasteiger partial charge >= 0.3 is 23.1 Å². The number of pyridine rings is 2. The van der Waals surface area contributed by atoms with Gasteiger partial charge in [0.2, 0.25) is 0 Å². The summed E-state index contributed by atoms with van der Waals surface area (Å²) >= 11 is 0. The molecule has 0 aliphatic rings. The van der Waals surface area contributed by atoms with E-state index in [2.05, 4.69) is 43.6 Å². The quantitative estimate of drug-likeness (QED) is 0.297. The number of allylic oxidation sites excluding steroid dienone is 2. The van der Waals surface area contributed by atoms with Crippen LogP contribution in [0.4, 0.5) is 0 Å². The van der Waals surface area contributed by atoms with Crippen LogP contribution in [-0.4, -0.2) is 58.5 Å². The molecule has 2 aromatic rings. The fraction of sp³-hybridized carbons (Fsp3) is 0.100. The third-order valence-electron chi connectivity index (χ3n) is 2.62. The molecule has 0 aromatic carbocycles. The molecule has 0 aliphatic carbocycles. The summed E-state index contributed by atoms with van der Waals surface area (Å²) in [6.45, 7) is 0.866. The standard InChI is InChI=1S/C20H16N4.2ClH.Mg/c1(3-7-13-21-17-19-11-5-9-15-23-19)2-4-8-14-22-18-20-12-6-10-16-24-20;;;/h1-2,5-6,9-12,15-18H,13-14H2;2*1H;/q;;;+2/p-2/b2-1-,21-17?,22-18?;;;. The molecule has 2 aromatic heterocycles. The predicted molar refractivity (Wildman–Crippen MR) is 104 cm³/mol. The van der Waals surface area contributed by atoms with Crippen LogP contribution < -0.4 is 24.8 Å². The topological polar surface area (TPSA) is 50.5 Å². The van der Waals surface area contributed by atoms with Crippen LogP contribution in [0.1, 0.15) is 11.4 Å². The van der Waals surface area contributed by atoms with Crippen molar-refractivity contribution in [2.75, 3.05) is 13.1 Å². The molecule has 0 fully saturated rings. The molecule has 0 spiro atoms. The fourth-order valence-electron chi connectivity index (χ4n) is 1.57. The van der Waals surface area contributed by atoms with E-state index >= 15 is 0 Å². The summed E-state index contributed by atoms with van der Waals surface area (Å²) in [5.41, 5.74) is 1.65. The Balaban J connectivity index is 0. The first-order valence-corrected chi connectivity index (χ1v) is 7.38. The second kappa shape index (κ2) is 18.6. The van der Waals surface area contributed by atoms with Gasteiger partial charge in [-0.2, -0.15) is 0 Å². The number of hydrogen-bond acceptors (Lipinski definition) is 4. The van der Waals surface area contributed by atoms with Crippen LogP contribution in [0, 0.1) is 23.7 Å². The number of hydrogen-bond donors (Lipinski definition) is 0. The predicted octanol–water partition coefficient (Wildman–Crippen LogP) is -3.80. The zero-order valence-corrected chi connectivity index (χ0v) is 17.5. The summed E-state index contributed by atoms with van der Waals surface area (Å²) in [5.74, 6) is 11.6. The van der Waals surface area contributed by atoms with E-state index < -0.39 is 0 Å². The Bertz CT molecular complexity index is 759. The van der Waals surface area contributed by atoms with Crippen molar-refractivity contribution in [3.05, 3.63) is 72.3 Å². The van der Waals surface area contributed by atoms with Gasteiger partial charge in [0.1, 0.15) is 13.1 Å². The smallest absolute Gasteiger partial charge is 1.00 e. The van der Waals surface area contributed by atoms with Crippen molar-refractivity contribution in [1.82, 2.24) is 9.97 Å². The van der Waals surface area contributed by atoms with Gasteiger partial charge in [0, 0.05) is 24.8 Å². The van der Waals surface area contributed by atoms with Crippen LogP contribution in [0.5, 0.6) is 0 Å². The van der Waals surface area contributed by atoms with E-state index in [1.54, 1.807) is 37.0 Å². The monoisotopic (exact) mass is 406 g/mol. The Hall–Kier alpha value is -2.15. The van der Waals surface area contributed by atoms with E-state index in [0.717, 1.165) is 11.4 Å². The summed E-state index contributed by atoms with van der Waals surface area (Å²) in [5, 5.41) is 0. The van der Waals surface area contributed by atoms with Crippen molar-refractivity contribution in [2.45, 2.75) is 0 Å². The number of rotatable bonds is 4. The van der Waals surface area contributed by atoms with Crippen molar-refractivity contribution in [1.29, 1.82) is 0 Å². The average molecular weight is 408 g/mol. The summed E-state index contributed by atoms with van der Waals surface area (Å²) in [4.78, 5) is 16.6. The molecule has 4 nitrogen and oxygen atoms in total. The number of aliphatic imine (C=N–C) groups is 2. The van der Waals surface area contributed by atoms with Crippen LogP contribution in [0.2, 0.25) is 0 Å². The molecule has 2 rings (SSSR count). The van der Waals surface area contributed by atoms with Crippen LogP contribution >= 0.6 is 0 Å². The molecule has 0 radical (unpaired) electrons. The first kappa shape index (κ1) is 27.1. The molecule has 2 heterocycles. The van der Waals surface area contributed by atoms with E-state index in [1.807, 2.05) is 36.4 Å². The molecule has 0 unspecified atom stereocenters. The molecule has 0 saturated carbocycles. The maximum atomic E-state index is 4.17. The number of halogens is 2. The molecule has 0 amide bonds. The largest absolute Gasteiger partial charge is 2.00 e. The van der Waals surface area contributed by atoms with Crippen molar-refractivity contribution < 1.29 is 24.8 Å². The van der Waals surface area contributed by atoms with Gasteiger partial charge in [-0.25, -0.2) is 0 Å². The van der Waals surface area contributed by atoms with Crippen LogP contribution in [0.3, 0.4) is 0 Å². The Labute approximate surface area is 188 Å². The molecule has 7 heteroatoms. The average Bonchev–Trinajstić information content (AvgIpc) is 2.64. The Morgan fingerprint density at radius 3 is 1.56 bits per heavy atom. The molecule has 0 saturated heterocycles. The van der Waals surface area contributed by atoms with E-state index in [1.165, 1.54) is 0 Å². The number of aromatic nitrogens is 2. The summed E-state index contributed by atoms with van der Waals surface area (Å²) < 4.78 is 0. The molecule has 0 aliphatic heterocycles. The minimum absolute atomic E-state index is 0. The Kier molecular flexibility index (Phi) is 18.7. The van der Waals surface area contributed by atoms with Gasteiger partial charge in [-0.1, -0.05) is 35.8 Å². The Morgan fingerprint density at radius 1 is 0.741 bits per heavy atom. The molecule has 27 heavy (non-hydrogen) atoms. The third kappa shape index (κ3) is 13.7. The molecule has 0 atom stereocenters. The summed E-state index contributed by atoms with van der Waals surface area (Å²) in [6, 6.07) is 11.4.